The van der Waals surface area contributed by atoms with Crippen LogP contribution in [0, 0.1) is 0 Å². The van der Waals surface area contributed by atoms with Crippen LogP contribution in [-0.4, -0.2) is 12.8 Å². The summed E-state index contributed by atoms with van der Waals surface area (Å²) in [6.45, 7) is 3.92. The summed E-state index contributed by atoms with van der Waals surface area (Å²) >= 11 is 0. The van der Waals surface area contributed by atoms with E-state index in [9.17, 15) is 9.90 Å². The average Bonchev–Trinajstić information content (AvgIpc) is 1.90. The van der Waals surface area contributed by atoms with Crippen LogP contribution in [0.15, 0.2) is 11.6 Å². The van der Waals surface area contributed by atoms with Gasteiger partial charge < -0.3 is 4.74 Å². The molecular weight excluding hydrogens is 132 g/mol. The first-order valence-corrected chi connectivity index (χ1v) is 3.18. The van der Waals surface area contributed by atoms with Gasteiger partial charge in [-0.2, -0.15) is 9.90 Å². The van der Waals surface area contributed by atoms with Gasteiger partial charge in [-0.05, 0) is 18.9 Å². The second-order valence-electron chi connectivity index (χ2n) is 1.84. The zero-order chi connectivity index (χ0) is 7.98. The van der Waals surface area contributed by atoms with Gasteiger partial charge in [-0.15, -0.1) is 0 Å². The quantitative estimate of drug-likeness (QED) is 0.447. The van der Waals surface area contributed by atoms with Crippen molar-refractivity contribution >= 4 is 6.16 Å². The smallest absolute Gasteiger partial charge is 0.427 e. The van der Waals surface area contributed by atoms with Crippen LogP contribution < -0.4 is 0 Å². The van der Waals surface area contributed by atoms with Crippen LogP contribution in [0.4, 0.5) is 4.79 Å². The number of carbonyl (C=O) groups is 1. The normalized spacial score (nSPS) is 11.2. The fourth-order valence-corrected chi connectivity index (χ4v) is 0.541. The summed E-state index contributed by atoms with van der Waals surface area (Å²) in [5.41, 5.74) is 0.962. The average molecular weight is 143 g/mol. The van der Waals surface area contributed by atoms with E-state index < -0.39 is 6.16 Å². The van der Waals surface area contributed by atoms with E-state index in [4.69, 9.17) is 0 Å². The van der Waals surface area contributed by atoms with Crippen LogP contribution in [0.1, 0.15) is 20.3 Å². The summed E-state index contributed by atoms with van der Waals surface area (Å²) in [4.78, 5) is 9.78. The first-order valence-electron chi connectivity index (χ1n) is 3.18. The second kappa shape index (κ2) is 4.85. The van der Waals surface area contributed by atoms with Crippen molar-refractivity contribution in [3.63, 3.8) is 0 Å². The molecule has 0 rings (SSSR count). The van der Waals surface area contributed by atoms with Crippen molar-refractivity contribution < 1.29 is 14.6 Å². The zero-order valence-corrected chi connectivity index (χ0v) is 6.22. The third-order valence-corrected chi connectivity index (χ3v) is 1.24. The highest BCUT2D eigenvalue weighted by molar-refractivity contribution is 5.56. The Balaban J connectivity index is 3.56. The zero-order valence-electron chi connectivity index (χ0n) is 6.22. The van der Waals surface area contributed by atoms with E-state index in [1.165, 1.54) is 0 Å². The lowest BCUT2D eigenvalue weighted by Gasteiger charge is -2.00. The van der Waals surface area contributed by atoms with E-state index in [1.807, 2.05) is 19.9 Å². The van der Waals surface area contributed by atoms with Crippen molar-refractivity contribution in [3.05, 3.63) is 11.6 Å². The molecule has 0 saturated heterocycles. The lowest BCUT2D eigenvalue weighted by Crippen LogP contribution is -2.02. The van der Waals surface area contributed by atoms with Gasteiger partial charge in [0.25, 0.3) is 0 Å². The number of allylic oxidation sites excluding steroid dienone is 1. The topological polar surface area (TPSA) is 46.2 Å². The number of rotatable bonds is 3. The SMILES string of the molecule is CC=C(CC)COC([O])=O. The third kappa shape index (κ3) is 3.95. The Bertz CT molecular complexity index is 138. The van der Waals surface area contributed by atoms with Crippen molar-refractivity contribution in [1.29, 1.82) is 0 Å². The molecule has 0 aromatic heterocycles. The van der Waals surface area contributed by atoms with E-state index in [-0.39, 0.29) is 6.61 Å². The Kier molecular flexibility index (Phi) is 4.37. The van der Waals surface area contributed by atoms with Crippen LogP contribution in [0.5, 0.6) is 0 Å². The molecule has 0 atom stereocenters. The Morgan fingerprint density at radius 1 is 1.60 bits per heavy atom. The number of hydrogen-bond donors (Lipinski definition) is 0. The Morgan fingerprint density at radius 2 is 2.20 bits per heavy atom. The van der Waals surface area contributed by atoms with E-state index in [0.717, 1.165) is 12.0 Å². The summed E-state index contributed by atoms with van der Waals surface area (Å²) in [6.07, 6.45) is 1.18. The Hall–Kier alpha value is -0.990. The number of hydrogen-bond acceptors (Lipinski definition) is 2. The van der Waals surface area contributed by atoms with Gasteiger partial charge in [0, 0.05) is 0 Å². The van der Waals surface area contributed by atoms with Crippen LogP contribution in [0.2, 0.25) is 0 Å². The highest BCUT2D eigenvalue weighted by Crippen LogP contribution is 2.00. The molecule has 0 heterocycles. The first kappa shape index (κ1) is 9.01. The van der Waals surface area contributed by atoms with Crippen molar-refractivity contribution in [2.45, 2.75) is 20.3 Å². The molecule has 10 heavy (non-hydrogen) atoms. The summed E-state index contributed by atoms with van der Waals surface area (Å²) < 4.78 is 4.22. The van der Waals surface area contributed by atoms with E-state index in [0.29, 0.717) is 0 Å². The molecule has 0 aliphatic carbocycles. The Labute approximate surface area is 60.3 Å². The highest BCUT2D eigenvalue weighted by Gasteiger charge is 1.99. The van der Waals surface area contributed by atoms with Gasteiger partial charge in [0.1, 0.15) is 6.61 Å². The maximum atomic E-state index is 9.78. The molecule has 0 unspecified atom stereocenters. The molecule has 0 aromatic rings. The van der Waals surface area contributed by atoms with Crippen LogP contribution in [0.25, 0.3) is 0 Å². The predicted molar refractivity (Wildman–Crippen MR) is 36.1 cm³/mol. The molecule has 0 aliphatic heterocycles. The molecule has 0 bridgehead atoms. The van der Waals surface area contributed by atoms with Gasteiger partial charge in [0.05, 0.1) is 0 Å². The third-order valence-electron chi connectivity index (χ3n) is 1.24. The van der Waals surface area contributed by atoms with Gasteiger partial charge >= 0.3 is 6.16 Å². The predicted octanol–water partition coefficient (Wildman–Crippen LogP) is 1.91. The molecule has 1 radical (unpaired) electrons. The fraction of sp³-hybridized carbons (Fsp3) is 0.571. The minimum Gasteiger partial charge on any atom is -0.427 e. The maximum absolute atomic E-state index is 9.78. The molecule has 0 N–H and O–H groups in total. The number of ether oxygens (including phenoxy) is 1. The molecule has 0 amide bonds. The van der Waals surface area contributed by atoms with Crippen molar-refractivity contribution in [3.8, 4) is 0 Å². The Morgan fingerprint density at radius 3 is 2.50 bits per heavy atom. The minimum absolute atomic E-state index is 0.134. The van der Waals surface area contributed by atoms with Crippen molar-refractivity contribution in [1.82, 2.24) is 0 Å². The molecule has 57 valence electrons. The van der Waals surface area contributed by atoms with Gasteiger partial charge in [0.15, 0.2) is 0 Å². The second-order valence-corrected chi connectivity index (χ2v) is 1.84. The summed E-state index contributed by atoms with van der Waals surface area (Å²) in [5.74, 6) is 0. The highest BCUT2D eigenvalue weighted by atomic mass is 16.7. The van der Waals surface area contributed by atoms with E-state index in [2.05, 4.69) is 4.74 Å². The van der Waals surface area contributed by atoms with Crippen LogP contribution >= 0.6 is 0 Å². The largest absolute Gasteiger partial charge is 0.550 e. The van der Waals surface area contributed by atoms with Crippen LogP contribution in [-0.2, 0) is 9.84 Å². The molecule has 0 fully saturated rings. The molecule has 0 aromatic carbocycles. The van der Waals surface area contributed by atoms with Gasteiger partial charge in [0.2, 0.25) is 0 Å². The molecule has 0 spiro atoms. The maximum Gasteiger partial charge on any atom is 0.550 e. The minimum atomic E-state index is -1.46. The van der Waals surface area contributed by atoms with Gasteiger partial charge in [-0.3, -0.25) is 0 Å². The van der Waals surface area contributed by atoms with E-state index in [1.54, 1.807) is 0 Å². The van der Waals surface area contributed by atoms with Gasteiger partial charge in [-0.25, -0.2) is 0 Å². The van der Waals surface area contributed by atoms with Crippen molar-refractivity contribution in [2.24, 2.45) is 0 Å². The monoisotopic (exact) mass is 143 g/mol. The first-order chi connectivity index (χ1) is 4.70. The van der Waals surface area contributed by atoms with E-state index >= 15 is 0 Å². The number of carbonyl (C=O) groups excluding carboxylic acids is 1. The molecule has 0 aliphatic rings. The lowest BCUT2D eigenvalue weighted by atomic mass is 10.2. The molecule has 0 saturated carbocycles. The van der Waals surface area contributed by atoms with Crippen LogP contribution in [0.3, 0.4) is 0 Å². The lowest BCUT2D eigenvalue weighted by molar-refractivity contribution is 0.0745. The molecule has 3 nitrogen and oxygen atoms in total. The standard InChI is InChI=1S/C7H11O3/c1-3-6(4-2)5-10-7(8)9/h3H,4-5H2,1-2H3. The molecule has 3 heteroatoms. The van der Waals surface area contributed by atoms with Gasteiger partial charge in [-0.1, -0.05) is 13.0 Å². The fourth-order valence-electron chi connectivity index (χ4n) is 0.541. The summed E-state index contributed by atoms with van der Waals surface area (Å²) in [5, 5.41) is 9.78. The molecular formula is C7H11O3. The van der Waals surface area contributed by atoms with Crippen molar-refractivity contribution in [2.75, 3.05) is 6.61 Å². The summed E-state index contributed by atoms with van der Waals surface area (Å²) in [6, 6.07) is 0. The summed E-state index contributed by atoms with van der Waals surface area (Å²) in [7, 11) is 0.